The van der Waals surface area contributed by atoms with Crippen LogP contribution in [0.2, 0.25) is 0 Å². The summed E-state index contributed by atoms with van der Waals surface area (Å²) < 4.78 is 1.62. The number of thiazole rings is 1. The molecule has 0 aliphatic carbocycles. The number of amides is 1. The smallest absolute Gasteiger partial charge is 0.307 e. The number of nitrogens with one attached hydrogen (secondary N) is 2. The number of hydrogen-bond acceptors (Lipinski definition) is 6. The van der Waals surface area contributed by atoms with Crippen LogP contribution in [0.3, 0.4) is 0 Å². The summed E-state index contributed by atoms with van der Waals surface area (Å²) in [4.78, 5) is 33.8. The molecule has 2 N–H and O–H groups in total. The van der Waals surface area contributed by atoms with Gasteiger partial charge in [-0.15, -0.1) is 0 Å². The van der Waals surface area contributed by atoms with Crippen LogP contribution in [-0.4, -0.2) is 27.0 Å². The molecule has 0 bridgehead atoms. The third-order valence-electron chi connectivity index (χ3n) is 5.10. The number of nitrogens with zero attached hydrogens (tertiary/aromatic N) is 3. The SMILES string of the molecule is Cc1c(-c2ccnc(Nc3cccc(CCNC(=O)c4ccccc4)c3)n2)sc(=O)n1C. The summed E-state index contributed by atoms with van der Waals surface area (Å²) >= 11 is 1.18. The second-order valence-electron chi connectivity index (χ2n) is 7.30. The maximum Gasteiger partial charge on any atom is 0.307 e. The predicted molar refractivity (Wildman–Crippen MR) is 128 cm³/mol. The summed E-state index contributed by atoms with van der Waals surface area (Å²) in [5.41, 5.74) is 4.17. The lowest BCUT2D eigenvalue weighted by atomic mass is 10.1. The average molecular weight is 446 g/mol. The van der Waals surface area contributed by atoms with Gasteiger partial charge in [-0.05, 0) is 49.2 Å². The maximum absolute atomic E-state index is 12.2. The molecule has 162 valence electrons. The summed E-state index contributed by atoms with van der Waals surface area (Å²) in [6.45, 7) is 2.44. The minimum Gasteiger partial charge on any atom is -0.352 e. The summed E-state index contributed by atoms with van der Waals surface area (Å²) in [6, 6.07) is 18.9. The zero-order valence-corrected chi connectivity index (χ0v) is 18.6. The normalized spacial score (nSPS) is 10.7. The highest BCUT2D eigenvalue weighted by Gasteiger charge is 2.12. The van der Waals surface area contributed by atoms with Crippen LogP contribution in [0, 0.1) is 6.92 Å². The number of rotatable bonds is 7. The Morgan fingerprint density at radius 2 is 1.91 bits per heavy atom. The molecular formula is C24H23N5O2S. The van der Waals surface area contributed by atoms with E-state index in [9.17, 15) is 9.59 Å². The first kappa shape index (κ1) is 21.5. The van der Waals surface area contributed by atoms with Gasteiger partial charge in [0, 0.05) is 36.7 Å². The molecule has 0 aliphatic heterocycles. The Morgan fingerprint density at radius 3 is 2.66 bits per heavy atom. The van der Waals surface area contributed by atoms with Gasteiger partial charge in [0.1, 0.15) is 0 Å². The predicted octanol–water partition coefficient (Wildman–Crippen LogP) is 3.93. The Labute approximate surface area is 189 Å². The van der Waals surface area contributed by atoms with Crippen LogP contribution in [0.4, 0.5) is 11.6 Å². The second-order valence-corrected chi connectivity index (χ2v) is 8.27. The van der Waals surface area contributed by atoms with Crippen LogP contribution in [-0.2, 0) is 13.5 Å². The van der Waals surface area contributed by atoms with Crippen molar-refractivity contribution in [3.8, 4) is 10.6 Å². The third-order valence-corrected chi connectivity index (χ3v) is 6.26. The molecule has 1 amide bonds. The Balaban J connectivity index is 1.41. The minimum absolute atomic E-state index is 0.0160. The van der Waals surface area contributed by atoms with Crippen LogP contribution in [0.15, 0.2) is 71.7 Å². The molecule has 4 rings (SSSR count). The van der Waals surface area contributed by atoms with Gasteiger partial charge in [0.25, 0.3) is 5.91 Å². The van der Waals surface area contributed by atoms with E-state index in [1.165, 1.54) is 11.3 Å². The summed E-state index contributed by atoms with van der Waals surface area (Å²) in [7, 11) is 1.76. The van der Waals surface area contributed by atoms with Crippen LogP contribution >= 0.6 is 11.3 Å². The molecule has 0 unspecified atom stereocenters. The molecule has 0 spiro atoms. The minimum atomic E-state index is -0.0800. The first-order valence-electron chi connectivity index (χ1n) is 10.2. The van der Waals surface area contributed by atoms with Crippen molar-refractivity contribution in [2.45, 2.75) is 13.3 Å². The highest BCUT2D eigenvalue weighted by molar-refractivity contribution is 7.13. The average Bonchev–Trinajstić information content (AvgIpc) is 3.07. The number of hydrogen-bond donors (Lipinski definition) is 2. The second kappa shape index (κ2) is 9.57. The Morgan fingerprint density at radius 1 is 1.09 bits per heavy atom. The molecule has 8 heteroatoms. The van der Waals surface area contributed by atoms with E-state index in [0.29, 0.717) is 30.2 Å². The van der Waals surface area contributed by atoms with E-state index in [2.05, 4.69) is 20.6 Å². The molecule has 0 radical (unpaired) electrons. The molecule has 0 saturated heterocycles. The largest absolute Gasteiger partial charge is 0.352 e. The van der Waals surface area contributed by atoms with Gasteiger partial charge in [-0.1, -0.05) is 41.7 Å². The Kier molecular flexibility index (Phi) is 6.42. The van der Waals surface area contributed by atoms with Crippen molar-refractivity contribution in [2.75, 3.05) is 11.9 Å². The van der Waals surface area contributed by atoms with Gasteiger partial charge in [-0.2, -0.15) is 0 Å². The summed E-state index contributed by atoms with van der Waals surface area (Å²) in [6.07, 6.45) is 2.38. The van der Waals surface area contributed by atoms with Gasteiger partial charge in [-0.25, -0.2) is 9.97 Å². The first-order chi connectivity index (χ1) is 15.5. The fraction of sp³-hybridized carbons (Fsp3) is 0.167. The van der Waals surface area contributed by atoms with Crippen molar-refractivity contribution in [1.29, 1.82) is 0 Å². The van der Waals surface area contributed by atoms with E-state index in [0.717, 1.165) is 21.8 Å². The molecule has 4 aromatic rings. The zero-order valence-electron chi connectivity index (χ0n) is 17.8. The van der Waals surface area contributed by atoms with E-state index in [-0.39, 0.29) is 10.8 Å². The van der Waals surface area contributed by atoms with Crippen LogP contribution in [0.25, 0.3) is 10.6 Å². The molecule has 0 aliphatic rings. The maximum atomic E-state index is 12.2. The fourth-order valence-corrected chi connectivity index (χ4v) is 4.20. The lowest BCUT2D eigenvalue weighted by Crippen LogP contribution is -2.25. The van der Waals surface area contributed by atoms with E-state index >= 15 is 0 Å². The highest BCUT2D eigenvalue weighted by Crippen LogP contribution is 2.25. The number of aromatic nitrogens is 3. The molecule has 0 fully saturated rings. The zero-order chi connectivity index (χ0) is 22.5. The van der Waals surface area contributed by atoms with E-state index in [1.54, 1.807) is 36.0 Å². The van der Waals surface area contributed by atoms with Crippen molar-refractivity contribution in [3.05, 3.63) is 93.3 Å². The van der Waals surface area contributed by atoms with Crippen molar-refractivity contribution in [1.82, 2.24) is 19.9 Å². The lowest BCUT2D eigenvalue weighted by Gasteiger charge is -2.09. The van der Waals surface area contributed by atoms with Crippen LogP contribution in [0.5, 0.6) is 0 Å². The van der Waals surface area contributed by atoms with Gasteiger partial charge >= 0.3 is 4.87 Å². The fourth-order valence-electron chi connectivity index (χ4n) is 3.25. The quantitative estimate of drug-likeness (QED) is 0.450. The molecule has 7 nitrogen and oxygen atoms in total. The van der Waals surface area contributed by atoms with Gasteiger partial charge in [0.2, 0.25) is 5.95 Å². The number of benzene rings is 2. The number of carbonyl (C=O) groups is 1. The van der Waals surface area contributed by atoms with Crippen molar-refractivity contribution in [2.24, 2.45) is 7.05 Å². The molecule has 2 aromatic heterocycles. The van der Waals surface area contributed by atoms with E-state index in [1.807, 2.05) is 49.4 Å². The Bertz CT molecular complexity index is 1300. The van der Waals surface area contributed by atoms with Gasteiger partial charge in [0.15, 0.2) is 0 Å². The Hall–Kier alpha value is -3.78. The molecule has 2 aromatic carbocycles. The van der Waals surface area contributed by atoms with E-state index in [4.69, 9.17) is 0 Å². The van der Waals surface area contributed by atoms with Gasteiger partial charge in [0.05, 0.1) is 10.6 Å². The lowest BCUT2D eigenvalue weighted by molar-refractivity contribution is 0.0954. The van der Waals surface area contributed by atoms with Crippen LogP contribution in [0.1, 0.15) is 21.6 Å². The van der Waals surface area contributed by atoms with Crippen LogP contribution < -0.4 is 15.5 Å². The van der Waals surface area contributed by atoms with Crippen molar-refractivity contribution < 1.29 is 4.79 Å². The summed E-state index contributed by atoms with van der Waals surface area (Å²) in [5.74, 6) is 0.378. The standard InChI is InChI=1S/C24H23N5O2S/c1-16-21(32-24(31)29(16)2)20-12-14-26-23(28-20)27-19-10-6-7-17(15-19)11-13-25-22(30)18-8-4-3-5-9-18/h3-10,12,14-15H,11,13H2,1-2H3,(H,25,30)(H,26,27,28). The molecule has 32 heavy (non-hydrogen) atoms. The number of anilines is 2. The molecular weight excluding hydrogens is 422 g/mol. The highest BCUT2D eigenvalue weighted by atomic mass is 32.1. The van der Waals surface area contributed by atoms with Crippen molar-refractivity contribution in [3.63, 3.8) is 0 Å². The summed E-state index contributed by atoms with van der Waals surface area (Å²) in [5, 5.41) is 6.17. The monoisotopic (exact) mass is 445 g/mol. The van der Waals surface area contributed by atoms with E-state index < -0.39 is 0 Å². The molecule has 0 saturated carbocycles. The number of carbonyl (C=O) groups excluding carboxylic acids is 1. The third kappa shape index (κ3) is 4.92. The molecule has 2 heterocycles. The molecule has 0 atom stereocenters. The van der Waals surface area contributed by atoms with Gasteiger partial charge in [-0.3, -0.25) is 9.59 Å². The first-order valence-corrected chi connectivity index (χ1v) is 11.0. The van der Waals surface area contributed by atoms with Gasteiger partial charge < -0.3 is 15.2 Å². The topological polar surface area (TPSA) is 88.9 Å². The van der Waals surface area contributed by atoms with Crippen molar-refractivity contribution >= 4 is 28.9 Å².